The van der Waals surface area contributed by atoms with E-state index in [0.29, 0.717) is 5.69 Å². The number of amides is 1. The summed E-state index contributed by atoms with van der Waals surface area (Å²) in [7, 11) is 0. The lowest BCUT2D eigenvalue weighted by atomic mass is 10.0. The molecule has 0 aliphatic carbocycles. The lowest BCUT2D eigenvalue weighted by Gasteiger charge is -2.34. The molecule has 0 saturated carbocycles. The molecule has 0 radical (unpaired) electrons. The number of benzene rings is 1. The van der Waals surface area contributed by atoms with Gasteiger partial charge in [0, 0.05) is 29.5 Å². The second-order valence-corrected chi connectivity index (χ2v) is 5.83. The number of hydrogen-bond acceptors (Lipinski definition) is 2. The first-order valence-electron chi connectivity index (χ1n) is 7.02. The van der Waals surface area contributed by atoms with Crippen LogP contribution in [0.2, 0.25) is 0 Å². The number of pyridine rings is 1. The molecule has 1 fully saturated rings. The average molecular weight is 333 g/mol. The van der Waals surface area contributed by atoms with Crippen molar-refractivity contribution in [1.29, 1.82) is 0 Å². The Morgan fingerprint density at radius 2 is 2.15 bits per heavy atom. The van der Waals surface area contributed by atoms with Crippen LogP contribution in [0.25, 0.3) is 10.8 Å². The van der Waals surface area contributed by atoms with Crippen molar-refractivity contribution in [3.8, 4) is 0 Å². The minimum atomic E-state index is 0.0611. The number of rotatable bonds is 2. The number of piperidine rings is 1. The number of fused-ring (bicyclic) bond motifs is 1. The third-order valence-electron chi connectivity index (χ3n) is 3.94. The molecule has 1 aliphatic rings. The number of hydrogen-bond donors (Lipinski definition) is 0. The minimum Gasteiger partial charge on any atom is -0.333 e. The molecule has 3 nitrogen and oxygen atoms in total. The molecule has 1 unspecified atom stereocenters. The highest BCUT2D eigenvalue weighted by Gasteiger charge is 2.28. The van der Waals surface area contributed by atoms with Crippen LogP contribution in [0.1, 0.15) is 29.8 Å². The number of likely N-dealkylation sites (tertiary alicyclic amines) is 1. The van der Waals surface area contributed by atoms with Crippen LogP contribution in [-0.4, -0.2) is 33.7 Å². The highest BCUT2D eigenvalue weighted by atomic mass is 79.9. The smallest absolute Gasteiger partial charge is 0.273 e. The van der Waals surface area contributed by atoms with Crippen LogP contribution in [-0.2, 0) is 0 Å². The van der Waals surface area contributed by atoms with Crippen molar-refractivity contribution < 1.29 is 4.79 Å². The Morgan fingerprint density at radius 1 is 1.30 bits per heavy atom. The molecule has 1 aliphatic heterocycles. The van der Waals surface area contributed by atoms with E-state index in [1.807, 2.05) is 35.2 Å². The molecule has 4 heteroatoms. The molecule has 1 amide bonds. The molecule has 0 bridgehead atoms. The van der Waals surface area contributed by atoms with E-state index in [-0.39, 0.29) is 11.9 Å². The largest absolute Gasteiger partial charge is 0.333 e. The van der Waals surface area contributed by atoms with E-state index in [0.717, 1.165) is 35.5 Å². The fourth-order valence-electron chi connectivity index (χ4n) is 2.85. The molecule has 1 atom stereocenters. The molecule has 0 spiro atoms. The standard InChI is InChI=1S/C16H17BrN2O/c17-11-13-6-3-4-10-19(13)16(20)15-14-7-2-1-5-12(14)8-9-18-15/h1-2,5,7-9,13H,3-4,6,10-11H2. The van der Waals surface area contributed by atoms with Crippen LogP contribution < -0.4 is 0 Å². The summed E-state index contributed by atoms with van der Waals surface area (Å²) >= 11 is 3.53. The summed E-state index contributed by atoms with van der Waals surface area (Å²) in [6.45, 7) is 0.833. The average Bonchev–Trinajstić information content (AvgIpc) is 2.53. The normalized spacial score (nSPS) is 19.2. The predicted molar refractivity (Wildman–Crippen MR) is 84.2 cm³/mol. The van der Waals surface area contributed by atoms with Crippen molar-refractivity contribution in [3.05, 3.63) is 42.2 Å². The first-order valence-corrected chi connectivity index (χ1v) is 8.14. The van der Waals surface area contributed by atoms with Gasteiger partial charge in [-0.3, -0.25) is 9.78 Å². The predicted octanol–water partition coefficient (Wildman–Crippen LogP) is 3.62. The molecule has 3 rings (SSSR count). The van der Waals surface area contributed by atoms with Gasteiger partial charge in [-0.05, 0) is 30.7 Å². The van der Waals surface area contributed by atoms with Crippen LogP contribution in [0.15, 0.2) is 36.5 Å². The number of carbonyl (C=O) groups excluding carboxylic acids is 1. The van der Waals surface area contributed by atoms with Crippen molar-refractivity contribution in [2.45, 2.75) is 25.3 Å². The van der Waals surface area contributed by atoms with Crippen LogP contribution in [0, 0.1) is 0 Å². The van der Waals surface area contributed by atoms with Crippen molar-refractivity contribution in [2.75, 3.05) is 11.9 Å². The Balaban J connectivity index is 1.99. The van der Waals surface area contributed by atoms with Gasteiger partial charge in [0.05, 0.1) is 0 Å². The first-order chi connectivity index (χ1) is 9.81. The fourth-order valence-corrected chi connectivity index (χ4v) is 3.53. The second kappa shape index (κ2) is 5.92. The number of carbonyl (C=O) groups is 1. The van der Waals surface area contributed by atoms with Crippen molar-refractivity contribution >= 4 is 32.6 Å². The van der Waals surface area contributed by atoms with Crippen LogP contribution in [0.4, 0.5) is 0 Å². The molecule has 104 valence electrons. The van der Waals surface area contributed by atoms with E-state index >= 15 is 0 Å². The summed E-state index contributed by atoms with van der Waals surface area (Å²) in [4.78, 5) is 19.1. The Bertz CT molecular complexity index is 623. The van der Waals surface area contributed by atoms with Gasteiger partial charge < -0.3 is 4.90 Å². The molecule has 20 heavy (non-hydrogen) atoms. The summed E-state index contributed by atoms with van der Waals surface area (Å²) in [5.41, 5.74) is 0.580. The van der Waals surface area contributed by atoms with E-state index in [4.69, 9.17) is 0 Å². The molecule has 2 aromatic rings. The second-order valence-electron chi connectivity index (χ2n) is 5.18. The number of halogens is 1. The summed E-state index contributed by atoms with van der Waals surface area (Å²) < 4.78 is 0. The lowest BCUT2D eigenvalue weighted by molar-refractivity contribution is 0.0638. The van der Waals surface area contributed by atoms with Gasteiger partial charge >= 0.3 is 0 Å². The van der Waals surface area contributed by atoms with E-state index in [9.17, 15) is 4.79 Å². The van der Waals surface area contributed by atoms with Crippen LogP contribution in [0.3, 0.4) is 0 Å². The SMILES string of the molecule is O=C(c1nccc2ccccc12)N1CCCCC1CBr. The monoisotopic (exact) mass is 332 g/mol. The van der Waals surface area contributed by atoms with E-state index in [2.05, 4.69) is 20.9 Å². The zero-order valence-electron chi connectivity index (χ0n) is 11.3. The van der Waals surface area contributed by atoms with Crippen molar-refractivity contribution in [2.24, 2.45) is 0 Å². The van der Waals surface area contributed by atoms with Gasteiger partial charge in [0.25, 0.3) is 5.91 Å². The lowest BCUT2D eigenvalue weighted by Crippen LogP contribution is -2.45. The maximum atomic E-state index is 12.8. The van der Waals surface area contributed by atoms with Gasteiger partial charge in [0.1, 0.15) is 5.69 Å². The van der Waals surface area contributed by atoms with Gasteiger partial charge in [-0.2, -0.15) is 0 Å². The zero-order chi connectivity index (χ0) is 13.9. The third kappa shape index (κ3) is 2.44. The van der Waals surface area contributed by atoms with Gasteiger partial charge in [-0.1, -0.05) is 40.2 Å². The maximum absolute atomic E-state index is 12.8. The van der Waals surface area contributed by atoms with Gasteiger partial charge in [0.15, 0.2) is 0 Å². The molecule has 1 aromatic heterocycles. The van der Waals surface area contributed by atoms with E-state index in [1.165, 1.54) is 6.42 Å². The van der Waals surface area contributed by atoms with E-state index < -0.39 is 0 Å². The summed E-state index contributed by atoms with van der Waals surface area (Å²) in [5, 5.41) is 2.85. The Kier molecular flexibility index (Phi) is 4.01. The molecule has 0 N–H and O–H groups in total. The van der Waals surface area contributed by atoms with Crippen molar-refractivity contribution in [3.63, 3.8) is 0 Å². The summed E-state index contributed by atoms with van der Waals surface area (Å²) in [6, 6.07) is 10.2. The Labute approximate surface area is 127 Å². The Hall–Kier alpha value is -1.42. The molecular formula is C16H17BrN2O. The highest BCUT2D eigenvalue weighted by molar-refractivity contribution is 9.09. The van der Waals surface area contributed by atoms with Crippen LogP contribution >= 0.6 is 15.9 Å². The Morgan fingerprint density at radius 3 is 3.00 bits per heavy atom. The minimum absolute atomic E-state index is 0.0611. The number of nitrogens with zero attached hydrogens (tertiary/aromatic N) is 2. The van der Waals surface area contributed by atoms with Gasteiger partial charge in [-0.15, -0.1) is 0 Å². The highest BCUT2D eigenvalue weighted by Crippen LogP contribution is 2.23. The first kappa shape index (κ1) is 13.6. The topological polar surface area (TPSA) is 33.2 Å². The zero-order valence-corrected chi connectivity index (χ0v) is 12.8. The number of alkyl halides is 1. The van der Waals surface area contributed by atoms with E-state index in [1.54, 1.807) is 6.20 Å². The molecular weight excluding hydrogens is 316 g/mol. The third-order valence-corrected chi connectivity index (χ3v) is 4.69. The van der Waals surface area contributed by atoms with Crippen LogP contribution in [0.5, 0.6) is 0 Å². The molecule has 2 heterocycles. The van der Waals surface area contributed by atoms with Gasteiger partial charge in [0.2, 0.25) is 0 Å². The summed E-state index contributed by atoms with van der Waals surface area (Å²) in [6.07, 6.45) is 5.08. The van der Waals surface area contributed by atoms with Crippen molar-refractivity contribution in [1.82, 2.24) is 9.88 Å². The quantitative estimate of drug-likeness (QED) is 0.787. The fraction of sp³-hybridized carbons (Fsp3) is 0.375. The molecule has 1 saturated heterocycles. The number of aromatic nitrogens is 1. The summed E-state index contributed by atoms with van der Waals surface area (Å²) in [5.74, 6) is 0.0611. The maximum Gasteiger partial charge on any atom is 0.273 e. The van der Waals surface area contributed by atoms with Gasteiger partial charge in [-0.25, -0.2) is 0 Å². The molecule has 1 aromatic carbocycles.